The Kier molecular flexibility index (Phi) is 6.15. The van der Waals surface area contributed by atoms with Crippen LogP contribution in [0, 0.1) is 10.8 Å². The number of nitrogens with one attached hydrogen (secondary N) is 3. The number of hydrogen-bond donors (Lipinski definition) is 3. The van der Waals surface area contributed by atoms with Gasteiger partial charge >= 0.3 is 0 Å². The molecular formula is C22H24N4O. The van der Waals surface area contributed by atoms with Crippen LogP contribution in [0.5, 0.6) is 0 Å². The molecule has 0 aromatic heterocycles. The van der Waals surface area contributed by atoms with Gasteiger partial charge in [0.05, 0.1) is 11.4 Å². The van der Waals surface area contributed by atoms with Crippen molar-refractivity contribution in [3.05, 3.63) is 77.4 Å². The lowest BCUT2D eigenvalue weighted by atomic mass is 9.98. The fraction of sp³-hybridized carbons (Fsp3) is 0.227. The molecule has 3 rings (SSSR count). The van der Waals surface area contributed by atoms with E-state index in [9.17, 15) is 0 Å². The van der Waals surface area contributed by atoms with E-state index in [1.165, 1.54) is 0 Å². The van der Waals surface area contributed by atoms with E-state index in [1.54, 1.807) is 0 Å². The maximum absolute atomic E-state index is 8.35. The van der Waals surface area contributed by atoms with Crippen molar-refractivity contribution in [3.63, 3.8) is 0 Å². The molecule has 0 aliphatic carbocycles. The molecule has 0 spiro atoms. The zero-order chi connectivity index (χ0) is 19.1. The first-order chi connectivity index (χ1) is 13.2. The highest BCUT2D eigenvalue weighted by Crippen LogP contribution is 2.13. The van der Waals surface area contributed by atoms with Gasteiger partial charge in [-0.25, -0.2) is 0 Å². The van der Waals surface area contributed by atoms with Crippen LogP contribution in [0.4, 0.5) is 0 Å². The Morgan fingerprint density at radius 2 is 1.81 bits per heavy atom. The maximum Gasteiger partial charge on any atom is 0.207 e. The van der Waals surface area contributed by atoms with Crippen molar-refractivity contribution < 1.29 is 4.74 Å². The Labute approximate surface area is 159 Å². The molecule has 1 aliphatic heterocycles. The highest BCUT2D eigenvalue weighted by molar-refractivity contribution is 6.51. The molecule has 1 atom stereocenters. The number of rotatable bonds is 8. The lowest BCUT2D eigenvalue weighted by Gasteiger charge is -2.09. The maximum atomic E-state index is 8.35. The molecule has 0 radical (unpaired) electrons. The number of allylic oxidation sites excluding steroid dienone is 1. The van der Waals surface area contributed by atoms with Crippen LogP contribution >= 0.6 is 0 Å². The van der Waals surface area contributed by atoms with Crippen LogP contribution in [0.25, 0.3) is 6.08 Å². The van der Waals surface area contributed by atoms with Crippen LogP contribution in [0.2, 0.25) is 0 Å². The minimum Gasteiger partial charge on any atom is -0.455 e. The van der Waals surface area contributed by atoms with E-state index < -0.39 is 0 Å². The minimum absolute atomic E-state index is 0.0459. The van der Waals surface area contributed by atoms with Crippen molar-refractivity contribution in [1.82, 2.24) is 5.43 Å². The molecule has 138 valence electrons. The standard InChI is InChI=1S/C22H24N4O/c1-2-19-25-26-20(27-19)14-7-6-9-16-10-8-13-18(15-16)22(24)21(23)17-11-4-3-5-12-17/h3-6,8-13,15,20,23-24,26H,2,7,14H2,1H3/b9-6+,23-21?,24-22?. The molecule has 27 heavy (non-hydrogen) atoms. The summed E-state index contributed by atoms with van der Waals surface area (Å²) >= 11 is 0. The molecule has 3 N–H and O–H groups in total. The SMILES string of the molecule is CCC1=NNC(CC/C=C/c2cccc(C(=N)C(=N)c3ccccc3)c2)O1. The molecule has 0 bridgehead atoms. The molecule has 0 saturated heterocycles. The molecular weight excluding hydrogens is 336 g/mol. The van der Waals surface area contributed by atoms with E-state index in [0.717, 1.165) is 41.9 Å². The van der Waals surface area contributed by atoms with E-state index in [0.29, 0.717) is 0 Å². The Morgan fingerprint density at radius 3 is 2.56 bits per heavy atom. The molecule has 2 aromatic rings. The first kappa shape index (κ1) is 18.6. The van der Waals surface area contributed by atoms with Crippen LogP contribution < -0.4 is 5.43 Å². The zero-order valence-electron chi connectivity index (χ0n) is 15.4. The van der Waals surface area contributed by atoms with Crippen molar-refractivity contribution in [2.45, 2.75) is 32.4 Å². The van der Waals surface area contributed by atoms with Gasteiger partial charge in [-0.1, -0.05) is 67.6 Å². The van der Waals surface area contributed by atoms with Gasteiger partial charge in [0.25, 0.3) is 0 Å². The second-order valence-electron chi connectivity index (χ2n) is 6.32. The van der Waals surface area contributed by atoms with Crippen molar-refractivity contribution >= 4 is 23.4 Å². The van der Waals surface area contributed by atoms with Crippen LogP contribution in [-0.2, 0) is 4.74 Å². The Bertz CT molecular complexity index is 871. The third-order valence-electron chi connectivity index (χ3n) is 4.31. The van der Waals surface area contributed by atoms with E-state index in [4.69, 9.17) is 15.6 Å². The van der Waals surface area contributed by atoms with Gasteiger partial charge in [0, 0.05) is 24.0 Å². The summed E-state index contributed by atoms with van der Waals surface area (Å²) in [6, 6.07) is 17.1. The summed E-state index contributed by atoms with van der Waals surface area (Å²) in [5, 5.41) is 20.7. The van der Waals surface area contributed by atoms with E-state index >= 15 is 0 Å². The lowest BCUT2D eigenvalue weighted by molar-refractivity contribution is 0.174. The number of nitrogens with zero attached hydrogens (tertiary/aromatic N) is 1. The largest absolute Gasteiger partial charge is 0.455 e. The summed E-state index contributed by atoms with van der Waals surface area (Å²) in [6.07, 6.45) is 6.61. The predicted octanol–water partition coefficient (Wildman–Crippen LogP) is 4.59. The van der Waals surface area contributed by atoms with Crippen LogP contribution in [0.1, 0.15) is 42.9 Å². The molecule has 0 fully saturated rings. The number of benzene rings is 2. The van der Waals surface area contributed by atoms with E-state index in [-0.39, 0.29) is 17.7 Å². The van der Waals surface area contributed by atoms with Gasteiger partial charge in [-0.3, -0.25) is 16.2 Å². The normalized spacial score (nSPS) is 15.9. The van der Waals surface area contributed by atoms with E-state index in [2.05, 4.69) is 16.6 Å². The van der Waals surface area contributed by atoms with Gasteiger partial charge in [0.1, 0.15) is 0 Å². The monoisotopic (exact) mass is 360 g/mol. The number of hydrogen-bond acceptors (Lipinski definition) is 5. The second kappa shape index (κ2) is 8.94. The Hall–Kier alpha value is -3.21. The lowest BCUT2D eigenvalue weighted by Crippen LogP contribution is -2.21. The van der Waals surface area contributed by atoms with Crippen LogP contribution in [0.15, 0.2) is 65.8 Å². The Balaban J connectivity index is 1.57. The average molecular weight is 360 g/mol. The summed E-state index contributed by atoms with van der Waals surface area (Å²) in [4.78, 5) is 0. The first-order valence-corrected chi connectivity index (χ1v) is 9.16. The minimum atomic E-state index is -0.0459. The van der Waals surface area contributed by atoms with Gasteiger partial charge in [-0.15, -0.1) is 5.10 Å². The quantitative estimate of drug-likeness (QED) is 0.602. The smallest absolute Gasteiger partial charge is 0.207 e. The Morgan fingerprint density at radius 1 is 1.07 bits per heavy atom. The predicted molar refractivity (Wildman–Crippen MR) is 111 cm³/mol. The molecule has 5 heteroatoms. The highest BCUT2D eigenvalue weighted by Gasteiger charge is 2.16. The first-order valence-electron chi connectivity index (χ1n) is 9.16. The van der Waals surface area contributed by atoms with Crippen molar-refractivity contribution in [1.29, 1.82) is 10.8 Å². The summed E-state index contributed by atoms with van der Waals surface area (Å²) < 4.78 is 5.64. The number of ether oxygens (including phenoxy) is 1. The van der Waals surface area contributed by atoms with Crippen molar-refractivity contribution in [3.8, 4) is 0 Å². The average Bonchev–Trinajstić information content (AvgIpc) is 3.19. The topological polar surface area (TPSA) is 81.3 Å². The molecule has 0 saturated carbocycles. The summed E-state index contributed by atoms with van der Waals surface area (Å²) in [5.74, 6) is 0.760. The van der Waals surface area contributed by atoms with E-state index in [1.807, 2.05) is 67.6 Å². The van der Waals surface area contributed by atoms with Crippen molar-refractivity contribution in [2.75, 3.05) is 0 Å². The molecule has 1 heterocycles. The summed E-state index contributed by atoms with van der Waals surface area (Å²) in [5.41, 5.74) is 5.96. The fourth-order valence-corrected chi connectivity index (χ4v) is 2.81. The van der Waals surface area contributed by atoms with Gasteiger partial charge in [-0.05, 0) is 18.1 Å². The van der Waals surface area contributed by atoms with Gasteiger partial charge in [-0.2, -0.15) is 0 Å². The highest BCUT2D eigenvalue weighted by atomic mass is 16.5. The van der Waals surface area contributed by atoms with Crippen molar-refractivity contribution in [2.24, 2.45) is 5.10 Å². The van der Waals surface area contributed by atoms with Gasteiger partial charge < -0.3 is 4.74 Å². The van der Waals surface area contributed by atoms with Crippen LogP contribution in [-0.4, -0.2) is 23.5 Å². The molecule has 5 nitrogen and oxygen atoms in total. The molecule has 1 aliphatic rings. The fourth-order valence-electron chi connectivity index (χ4n) is 2.81. The van der Waals surface area contributed by atoms with Gasteiger partial charge in [0.15, 0.2) is 6.23 Å². The third kappa shape index (κ3) is 4.91. The zero-order valence-corrected chi connectivity index (χ0v) is 15.4. The number of hydrazone groups is 1. The third-order valence-corrected chi connectivity index (χ3v) is 4.31. The summed E-state index contributed by atoms with van der Waals surface area (Å²) in [6.45, 7) is 2.02. The van der Waals surface area contributed by atoms with Gasteiger partial charge in [0.2, 0.25) is 5.90 Å². The molecule has 2 aromatic carbocycles. The van der Waals surface area contributed by atoms with Crippen LogP contribution in [0.3, 0.4) is 0 Å². The summed E-state index contributed by atoms with van der Waals surface area (Å²) in [7, 11) is 0. The second-order valence-corrected chi connectivity index (χ2v) is 6.32. The molecule has 1 unspecified atom stereocenters. The molecule has 0 amide bonds.